The minimum atomic E-state index is 0.206. The number of rotatable bonds is 9. The number of aliphatic hydroxyl groups is 1. The summed E-state index contributed by atoms with van der Waals surface area (Å²) in [5.41, 5.74) is 2.84. The van der Waals surface area contributed by atoms with Gasteiger partial charge in [-0.25, -0.2) is 4.99 Å². The van der Waals surface area contributed by atoms with Gasteiger partial charge < -0.3 is 20.5 Å². The monoisotopic (exact) mass is 416 g/mol. The summed E-state index contributed by atoms with van der Waals surface area (Å²) in [7, 11) is 0. The van der Waals surface area contributed by atoms with Crippen LogP contribution in [0.5, 0.6) is 0 Å². The Labute approximate surface area is 182 Å². The van der Waals surface area contributed by atoms with Gasteiger partial charge in [-0.3, -0.25) is 4.90 Å². The summed E-state index contributed by atoms with van der Waals surface area (Å²) in [6, 6.07) is 8.64. The topological polar surface area (TPSA) is 69.1 Å². The van der Waals surface area contributed by atoms with Gasteiger partial charge in [-0.15, -0.1) is 0 Å². The number of morpholine rings is 1. The van der Waals surface area contributed by atoms with Crippen LogP contribution in [-0.4, -0.2) is 62.0 Å². The van der Waals surface area contributed by atoms with Gasteiger partial charge >= 0.3 is 0 Å². The van der Waals surface area contributed by atoms with E-state index in [9.17, 15) is 5.11 Å². The first-order valence-electron chi connectivity index (χ1n) is 11.7. The van der Waals surface area contributed by atoms with Crippen molar-refractivity contribution in [1.82, 2.24) is 15.5 Å². The van der Waals surface area contributed by atoms with Gasteiger partial charge in [-0.1, -0.05) is 43.5 Å². The SMILES string of the molecule is CCNC(=NCc1ccccc1CN1CCOCC1)NCC1(CCO)CCCCC1. The van der Waals surface area contributed by atoms with E-state index in [0.29, 0.717) is 6.54 Å². The summed E-state index contributed by atoms with van der Waals surface area (Å²) >= 11 is 0. The Morgan fingerprint density at radius 3 is 2.53 bits per heavy atom. The molecule has 0 radical (unpaired) electrons. The van der Waals surface area contributed by atoms with Crippen LogP contribution >= 0.6 is 0 Å². The van der Waals surface area contributed by atoms with E-state index in [1.807, 2.05) is 0 Å². The molecule has 1 aromatic carbocycles. The number of hydrogen-bond acceptors (Lipinski definition) is 4. The second-order valence-corrected chi connectivity index (χ2v) is 8.74. The fourth-order valence-corrected chi connectivity index (χ4v) is 4.70. The second-order valence-electron chi connectivity index (χ2n) is 8.74. The third kappa shape index (κ3) is 6.96. The van der Waals surface area contributed by atoms with Crippen molar-refractivity contribution in [1.29, 1.82) is 0 Å². The lowest BCUT2D eigenvalue weighted by Gasteiger charge is -2.37. The van der Waals surface area contributed by atoms with Crippen LogP contribution in [0.1, 0.15) is 56.6 Å². The number of guanidine groups is 1. The Morgan fingerprint density at radius 2 is 1.83 bits per heavy atom. The smallest absolute Gasteiger partial charge is 0.191 e. The zero-order valence-corrected chi connectivity index (χ0v) is 18.7. The van der Waals surface area contributed by atoms with Crippen molar-refractivity contribution in [2.24, 2.45) is 10.4 Å². The number of ether oxygens (including phenoxy) is 1. The molecule has 6 heteroatoms. The van der Waals surface area contributed by atoms with Crippen LogP contribution in [0.25, 0.3) is 0 Å². The van der Waals surface area contributed by atoms with Gasteiger partial charge in [0.1, 0.15) is 0 Å². The Bertz CT molecular complexity index is 647. The molecule has 30 heavy (non-hydrogen) atoms. The first-order valence-corrected chi connectivity index (χ1v) is 11.7. The van der Waals surface area contributed by atoms with Crippen molar-refractivity contribution in [2.75, 3.05) is 46.0 Å². The highest BCUT2D eigenvalue weighted by atomic mass is 16.5. The molecule has 2 aliphatic rings. The lowest BCUT2D eigenvalue weighted by molar-refractivity contribution is 0.0341. The number of nitrogens with one attached hydrogen (secondary N) is 2. The molecule has 1 aliphatic heterocycles. The molecule has 168 valence electrons. The highest BCUT2D eigenvalue weighted by Gasteiger charge is 2.31. The molecular weight excluding hydrogens is 376 g/mol. The molecule has 1 aliphatic carbocycles. The molecule has 0 aromatic heterocycles. The quantitative estimate of drug-likeness (QED) is 0.427. The van der Waals surface area contributed by atoms with Crippen LogP contribution in [0.4, 0.5) is 0 Å². The predicted octanol–water partition coefficient (Wildman–Crippen LogP) is 2.91. The fraction of sp³-hybridized carbons (Fsp3) is 0.708. The zero-order chi connectivity index (χ0) is 21.1. The van der Waals surface area contributed by atoms with E-state index in [2.05, 4.69) is 46.7 Å². The predicted molar refractivity (Wildman–Crippen MR) is 123 cm³/mol. The maximum atomic E-state index is 9.58. The normalized spacial score (nSPS) is 20.1. The first kappa shape index (κ1) is 23.0. The minimum Gasteiger partial charge on any atom is -0.396 e. The highest BCUT2D eigenvalue weighted by molar-refractivity contribution is 5.79. The van der Waals surface area contributed by atoms with Gasteiger partial charge in [0.25, 0.3) is 0 Å². The molecule has 0 spiro atoms. The van der Waals surface area contributed by atoms with E-state index in [4.69, 9.17) is 9.73 Å². The van der Waals surface area contributed by atoms with Crippen molar-refractivity contribution in [3.63, 3.8) is 0 Å². The minimum absolute atomic E-state index is 0.206. The summed E-state index contributed by atoms with van der Waals surface area (Å²) in [6.45, 7) is 9.36. The number of hydrogen-bond donors (Lipinski definition) is 3. The molecule has 1 saturated heterocycles. The van der Waals surface area contributed by atoms with Crippen LogP contribution in [0.3, 0.4) is 0 Å². The number of aliphatic imine (C=N–C) groups is 1. The Hall–Kier alpha value is -1.63. The van der Waals surface area contributed by atoms with Crippen molar-refractivity contribution >= 4 is 5.96 Å². The summed E-state index contributed by atoms with van der Waals surface area (Å²) in [5, 5.41) is 16.6. The van der Waals surface area contributed by atoms with Gasteiger partial charge in [0.15, 0.2) is 5.96 Å². The van der Waals surface area contributed by atoms with Crippen molar-refractivity contribution < 1.29 is 9.84 Å². The number of aliphatic hydroxyl groups excluding tert-OH is 1. The van der Waals surface area contributed by atoms with Crippen molar-refractivity contribution in [3.8, 4) is 0 Å². The standard InChI is InChI=1S/C24H40N4O2/c1-2-25-23(27-20-24(12-15-29)10-6-3-7-11-24)26-18-21-8-4-5-9-22(21)19-28-13-16-30-17-14-28/h4-5,8-9,29H,2-3,6-7,10-20H2,1H3,(H2,25,26,27). The van der Waals surface area contributed by atoms with Gasteiger partial charge in [0.2, 0.25) is 0 Å². The van der Waals surface area contributed by atoms with Crippen LogP contribution in [0.2, 0.25) is 0 Å². The van der Waals surface area contributed by atoms with Crippen LogP contribution < -0.4 is 10.6 Å². The lowest BCUT2D eigenvalue weighted by atomic mass is 9.72. The molecule has 1 saturated carbocycles. The zero-order valence-electron chi connectivity index (χ0n) is 18.7. The maximum Gasteiger partial charge on any atom is 0.191 e. The third-order valence-corrected chi connectivity index (χ3v) is 6.55. The van der Waals surface area contributed by atoms with Gasteiger partial charge in [0.05, 0.1) is 19.8 Å². The van der Waals surface area contributed by atoms with E-state index in [0.717, 1.165) is 58.3 Å². The average molecular weight is 417 g/mol. The molecule has 2 fully saturated rings. The Kier molecular flexibility index (Phi) is 9.43. The summed E-state index contributed by atoms with van der Waals surface area (Å²) in [4.78, 5) is 7.36. The molecular formula is C24H40N4O2. The lowest BCUT2D eigenvalue weighted by Crippen LogP contribution is -2.45. The van der Waals surface area contributed by atoms with Crippen molar-refractivity contribution in [2.45, 2.75) is 58.5 Å². The highest BCUT2D eigenvalue weighted by Crippen LogP contribution is 2.38. The molecule has 0 unspecified atom stereocenters. The molecule has 1 heterocycles. The van der Waals surface area contributed by atoms with Crippen LogP contribution in [0, 0.1) is 5.41 Å². The molecule has 3 rings (SSSR count). The fourth-order valence-electron chi connectivity index (χ4n) is 4.70. The Morgan fingerprint density at radius 1 is 1.10 bits per heavy atom. The number of benzene rings is 1. The van der Waals surface area contributed by atoms with E-state index in [1.165, 1.54) is 43.2 Å². The average Bonchev–Trinajstić information content (AvgIpc) is 2.78. The number of nitrogens with zero attached hydrogens (tertiary/aromatic N) is 2. The van der Waals surface area contributed by atoms with E-state index in [1.54, 1.807) is 0 Å². The molecule has 0 amide bonds. The Balaban J connectivity index is 1.62. The molecule has 1 aromatic rings. The molecule has 6 nitrogen and oxygen atoms in total. The summed E-state index contributed by atoms with van der Waals surface area (Å²) in [5.74, 6) is 0.876. The van der Waals surface area contributed by atoms with E-state index >= 15 is 0 Å². The largest absolute Gasteiger partial charge is 0.396 e. The van der Waals surface area contributed by atoms with Gasteiger partial charge in [0, 0.05) is 39.3 Å². The van der Waals surface area contributed by atoms with Gasteiger partial charge in [-0.05, 0) is 42.7 Å². The van der Waals surface area contributed by atoms with Gasteiger partial charge in [-0.2, -0.15) is 0 Å². The van der Waals surface area contributed by atoms with E-state index in [-0.39, 0.29) is 12.0 Å². The summed E-state index contributed by atoms with van der Waals surface area (Å²) < 4.78 is 5.48. The second kappa shape index (κ2) is 12.3. The maximum absolute atomic E-state index is 9.58. The first-order chi connectivity index (χ1) is 14.7. The summed E-state index contributed by atoms with van der Waals surface area (Å²) in [6.07, 6.45) is 7.13. The van der Waals surface area contributed by atoms with Crippen LogP contribution in [-0.2, 0) is 17.8 Å². The third-order valence-electron chi connectivity index (χ3n) is 6.55. The van der Waals surface area contributed by atoms with E-state index < -0.39 is 0 Å². The van der Waals surface area contributed by atoms with Crippen molar-refractivity contribution in [3.05, 3.63) is 35.4 Å². The molecule has 3 N–H and O–H groups in total. The van der Waals surface area contributed by atoms with Crippen LogP contribution in [0.15, 0.2) is 29.3 Å². The molecule has 0 bridgehead atoms. The molecule has 0 atom stereocenters.